The number of benzene rings is 1. The van der Waals surface area contributed by atoms with Gasteiger partial charge in [-0.2, -0.15) is 0 Å². The van der Waals surface area contributed by atoms with Crippen molar-refractivity contribution in [3.63, 3.8) is 0 Å². The molecule has 1 saturated heterocycles. The first-order valence-corrected chi connectivity index (χ1v) is 6.68. The molecule has 2 fully saturated rings. The SMILES string of the molecule is COc1ccccc1C1CC(C2CC2)NC1C. The second kappa shape index (κ2) is 4.34. The molecule has 0 radical (unpaired) electrons. The summed E-state index contributed by atoms with van der Waals surface area (Å²) in [5.74, 6) is 2.59. The average Bonchev–Trinajstić information content (AvgIpc) is 3.13. The lowest BCUT2D eigenvalue weighted by Crippen LogP contribution is -2.29. The minimum Gasteiger partial charge on any atom is -0.496 e. The first-order chi connectivity index (χ1) is 8.29. The molecule has 2 heteroatoms. The number of hydrogen-bond acceptors (Lipinski definition) is 2. The summed E-state index contributed by atoms with van der Waals surface area (Å²) in [6.45, 7) is 2.31. The molecular formula is C15H21NO. The molecule has 0 bridgehead atoms. The maximum Gasteiger partial charge on any atom is 0.122 e. The highest BCUT2D eigenvalue weighted by Crippen LogP contribution is 2.43. The van der Waals surface area contributed by atoms with Gasteiger partial charge in [0.05, 0.1) is 7.11 Å². The molecule has 1 N–H and O–H groups in total. The summed E-state index contributed by atoms with van der Waals surface area (Å²) in [5.41, 5.74) is 1.37. The van der Waals surface area contributed by atoms with Crippen molar-refractivity contribution in [3.8, 4) is 5.75 Å². The highest BCUT2D eigenvalue weighted by Gasteiger charge is 2.40. The Labute approximate surface area is 103 Å². The van der Waals surface area contributed by atoms with Crippen molar-refractivity contribution >= 4 is 0 Å². The lowest BCUT2D eigenvalue weighted by atomic mass is 9.90. The maximum absolute atomic E-state index is 5.49. The zero-order valence-corrected chi connectivity index (χ0v) is 10.6. The van der Waals surface area contributed by atoms with E-state index >= 15 is 0 Å². The van der Waals surface area contributed by atoms with E-state index in [9.17, 15) is 0 Å². The molecule has 1 heterocycles. The Morgan fingerprint density at radius 3 is 2.71 bits per heavy atom. The number of ether oxygens (including phenoxy) is 1. The van der Waals surface area contributed by atoms with Gasteiger partial charge in [-0.1, -0.05) is 18.2 Å². The standard InChI is InChI=1S/C15H21NO/c1-10-13(9-14(16-10)11-7-8-11)12-5-3-4-6-15(12)17-2/h3-6,10-11,13-14,16H,7-9H2,1-2H3. The van der Waals surface area contributed by atoms with Gasteiger partial charge in [0.2, 0.25) is 0 Å². The van der Waals surface area contributed by atoms with Gasteiger partial charge in [0.25, 0.3) is 0 Å². The van der Waals surface area contributed by atoms with E-state index in [2.05, 4.69) is 30.4 Å². The van der Waals surface area contributed by atoms with Crippen LogP contribution in [-0.2, 0) is 0 Å². The van der Waals surface area contributed by atoms with Crippen LogP contribution in [0.3, 0.4) is 0 Å². The Morgan fingerprint density at radius 2 is 2.00 bits per heavy atom. The Kier molecular flexibility index (Phi) is 2.83. The normalized spacial score (nSPS) is 32.7. The summed E-state index contributed by atoms with van der Waals surface area (Å²) in [7, 11) is 1.77. The molecular weight excluding hydrogens is 210 g/mol. The molecule has 1 aliphatic heterocycles. The zero-order valence-electron chi connectivity index (χ0n) is 10.6. The molecule has 0 aromatic heterocycles. The lowest BCUT2D eigenvalue weighted by molar-refractivity contribution is 0.403. The minimum absolute atomic E-state index is 0.567. The van der Waals surface area contributed by atoms with Gasteiger partial charge in [-0.3, -0.25) is 0 Å². The van der Waals surface area contributed by atoms with Crippen LogP contribution in [0.15, 0.2) is 24.3 Å². The molecule has 2 nitrogen and oxygen atoms in total. The van der Waals surface area contributed by atoms with E-state index in [1.165, 1.54) is 24.8 Å². The minimum atomic E-state index is 0.567. The van der Waals surface area contributed by atoms with E-state index in [0.717, 1.165) is 17.7 Å². The van der Waals surface area contributed by atoms with E-state index < -0.39 is 0 Å². The first-order valence-electron chi connectivity index (χ1n) is 6.68. The van der Waals surface area contributed by atoms with E-state index in [1.54, 1.807) is 7.11 Å². The first kappa shape index (κ1) is 11.1. The number of rotatable bonds is 3. The van der Waals surface area contributed by atoms with Gasteiger partial charge < -0.3 is 10.1 Å². The quantitative estimate of drug-likeness (QED) is 0.863. The Balaban J connectivity index is 1.83. The second-order valence-corrected chi connectivity index (χ2v) is 5.48. The molecule has 3 atom stereocenters. The van der Waals surface area contributed by atoms with E-state index in [0.29, 0.717) is 12.0 Å². The molecule has 1 aromatic rings. The number of methoxy groups -OCH3 is 1. The Morgan fingerprint density at radius 1 is 1.24 bits per heavy atom. The van der Waals surface area contributed by atoms with Crippen LogP contribution in [0, 0.1) is 5.92 Å². The van der Waals surface area contributed by atoms with Crippen molar-refractivity contribution in [3.05, 3.63) is 29.8 Å². The van der Waals surface area contributed by atoms with Crippen molar-refractivity contribution in [2.45, 2.75) is 44.2 Å². The summed E-state index contributed by atoms with van der Waals surface area (Å²) >= 11 is 0. The van der Waals surface area contributed by atoms with Gasteiger partial charge >= 0.3 is 0 Å². The van der Waals surface area contributed by atoms with Crippen LogP contribution in [0.2, 0.25) is 0 Å². The molecule has 1 aliphatic carbocycles. The van der Waals surface area contributed by atoms with Crippen LogP contribution in [0.1, 0.15) is 37.7 Å². The van der Waals surface area contributed by atoms with Crippen LogP contribution < -0.4 is 10.1 Å². The summed E-state index contributed by atoms with van der Waals surface area (Å²) in [4.78, 5) is 0. The van der Waals surface area contributed by atoms with E-state index in [-0.39, 0.29) is 0 Å². The van der Waals surface area contributed by atoms with Gasteiger partial charge in [-0.25, -0.2) is 0 Å². The van der Waals surface area contributed by atoms with Crippen LogP contribution >= 0.6 is 0 Å². The van der Waals surface area contributed by atoms with E-state index in [1.807, 2.05) is 6.07 Å². The molecule has 92 valence electrons. The Bertz CT molecular complexity index is 400. The molecule has 1 saturated carbocycles. The topological polar surface area (TPSA) is 21.3 Å². The highest BCUT2D eigenvalue weighted by molar-refractivity contribution is 5.38. The lowest BCUT2D eigenvalue weighted by Gasteiger charge is -2.18. The largest absolute Gasteiger partial charge is 0.496 e. The van der Waals surface area contributed by atoms with Crippen molar-refractivity contribution in [2.75, 3.05) is 7.11 Å². The van der Waals surface area contributed by atoms with Crippen LogP contribution in [0.25, 0.3) is 0 Å². The molecule has 1 aromatic carbocycles. The third kappa shape index (κ3) is 2.06. The average molecular weight is 231 g/mol. The zero-order chi connectivity index (χ0) is 11.8. The maximum atomic E-state index is 5.49. The third-order valence-corrected chi connectivity index (χ3v) is 4.32. The predicted octanol–water partition coefficient (Wildman–Crippen LogP) is 2.94. The van der Waals surface area contributed by atoms with Crippen molar-refractivity contribution in [2.24, 2.45) is 5.92 Å². The molecule has 2 aliphatic rings. The number of nitrogens with one attached hydrogen (secondary N) is 1. The smallest absolute Gasteiger partial charge is 0.122 e. The molecule has 0 spiro atoms. The van der Waals surface area contributed by atoms with Gasteiger partial charge in [-0.15, -0.1) is 0 Å². The van der Waals surface area contributed by atoms with Crippen LogP contribution in [-0.4, -0.2) is 19.2 Å². The van der Waals surface area contributed by atoms with E-state index in [4.69, 9.17) is 4.74 Å². The molecule has 0 amide bonds. The van der Waals surface area contributed by atoms with Crippen molar-refractivity contribution in [1.29, 1.82) is 0 Å². The molecule has 17 heavy (non-hydrogen) atoms. The fourth-order valence-corrected chi connectivity index (χ4v) is 3.20. The summed E-state index contributed by atoms with van der Waals surface area (Å²) < 4.78 is 5.49. The van der Waals surface area contributed by atoms with Gasteiger partial charge in [0, 0.05) is 18.0 Å². The second-order valence-electron chi connectivity index (χ2n) is 5.48. The fraction of sp³-hybridized carbons (Fsp3) is 0.600. The van der Waals surface area contributed by atoms with Gasteiger partial charge in [-0.05, 0) is 43.7 Å². The highest BCUT2D eigenvalue weighted by atomic mass is 16.5. The van der Waals surface area contributed by atoms with Crippen molar-refractivity contribution < 1.29 is 4.74 Å². The van der Waals surface area contributed by atoms with Gasteiger partial charge in [0.1, 0.15) is 5.75 Å². The third-order valence-electron chi connectivity index (χ3n) is 4.32. The monoisotopic (exact) mass is 231 g/mol. The van der Waals surface area contributed by atoms with Crippen LogP contribution in [0.4, 0.5) is 0 Å². The van der Waals surface area contributed by atoms with Crippen molar-refractivity contribution in [1.82, 2.24) is 5.32 Å². The summed E-state index contributed by atoms with van der Waals surface area (Å²) in [6, 6.07) is 9.77. The Hall–Kier alpha value is -1.02. The van der Waals surface area contributed by atoms with Gasteiger partial charge in [0.15, 0.2) is 0 Å². The van der Waals surface area contributed by atoms with Crippen LogP contribution in [0.5, 0.6) is 5.75 Å². The number of hydrogen-bond donors (Lipinski definition) is 1. The summed E-state index contributed by atoms with van der Waals surface area (Å²) in [6.07, 6.45) is 4.11. The molecule has 3 unspecified atom stereocenters. The fourth-order valence-electron chi connectivity index (χ4n) is 3.20. The summed E-state index contributed by atoms with van der Waals surface area (Å²) in [5, 5.41) is 3.76. The number of para-hydroxylation sites is 1. The molecule has 3 rings (SSSR count). The predicted molar refractivity (Wildman–Crippen MR) is 69.5 cm³/mol.